The molecule has 1 amide bonds. The van der Waals surface area contributed by atoms with Gasteiger partial charge in [-0.15, -0.1) is 0 Å². The number of para-hydroxylation sites is 1. The minimum atomic E-state index is -0.0466. The third-order valence-corrected chi connectivity index (χ3v) is 4.94. The van der Waals surface area contributed by atoms with E-state index in [1.54, 1.807) is 14.2 Å². The molecule has 132 valence electrons. The molecule has 0 aliphatic carbocycles. The maximum Gasteiger partial charge on any atom is 0.224 e. The Hall–Kier alpha value is -2.21. The minimum absolute atomic E-state index is 0.0311. The molecule has 25 heavy (non-hydrogen) atoms. The molecule has 1 aliphatic heterocycles. The molecule has 2 aromatic rings. The lowest BCUT2D eigenvalue weighted by Crippen LogP contribution is -2.33. The quantitative estimate of drug-likeness (QED) is 0.824. The lowest BCUT2D eigenvalue weighted by Gasteiger charge is -2.26. The second-order valence-electron chi connectivity index (χ2n) is 5.77. The molecule has 0 fully saturated rings. The fraction of sp³-hybridized carbons (Fsp3) is 0.316. The zero-order valence-electron chi connectivity index (χ0n) is 14.2. The van der Waals surface area contributed by atoms with E-state index in [4.69, 9.17) is 14.2 Å². The topological polar surface area (TPSA) is 56.8 Å². The van der Waals surface area contributed by atoms with E-state index in [0.717, 1.165) is 27.8 Å². The van der Waals surface area contributed by atoms with Crippen LogP contribution in [0.5, 0.6) is 17.2 Å². The van der Waals surface area contributed by atoms with Gasteiger partial charge in [-0.2, -0.15) is 0 Å². The van der Waals surface area contributed by atoms with Crippen LogP contribution >= 0.6 is 15.9 Å². The van der Waals surface area contributed by atoms with Crippen molar-refractivity contribution in [3.05, 3.63) is 52.0 Å². The molecule has 6 heteroatoms. The molecule has 0 saturated carbocycles. The van der Waals surface area contributed by atoms with E-state index in [9.17, 15) is 4.79 Å². The second-order valence-corrected chi connectivity index (χ2v) is 6.62. The van der Waals surface area contributed by atoms with E-state index in [0.29, 0.717) is 18.1 Å². The van der Waals surface area contributed by atoms with Gasteiger partial charge in [0.2, 0.25) is 5.91 Å². The van der Waals surface area contributed by atoms with Crippen LogP contribution in [-0.4, -0.2) is 26.7 Å². The Morgan fingerprint density at radius 3 is 2.72 bits per heavy atom. The van der Waals surface area contributed by atoms with Crippen molar-refractivity contribution < 1.29 is 19.0 Å². The number of carbonyl (C=O) groups is 1. The number of fused-ring (bicyclic) bond motifs is 1. The third-order valence-electron chi connectivity index (χ3n) is 4.20. The highest BCUT2D eigenvalue weighted by Crippen LogP contribution is 2.34. The lowest BCUT2D eigenvalue weighted by molar-refractivity contribution is -0.121. The summed E-state index contributed by atoms with van der Waals surface area (Å²) in [5, 5.41) is 3.11. The number of benzene rings is 2. The molecular formula is C19H20BrNO4. The van der Waals surface area contributed by atoms with Gasteiger partial charge in [0.05, 0.1) is 33.3 Å². The van der Waals surface area contributed by atoms with Crippen molar-refractivity contribution in [1.29, 1.82) is 0 Å². The molecular weight excluding hydrogens is 386 g/mol. The van der Waals surface area contributed by atoms with E-state index in [2.05, 4.69) is 21.2 Å². The standard InChI is InChI=1S/C19H20BrNO4/c1-23-17-9-12(14(20)11-18(17)24-2)10-19(22)21-15-7-8-25-16-6-4-3-5-13(15)16/h3-6,9,11,15H,7-8,10H2,1-2H3,(H,21,22)/t15-/m1/s1. The monoisotopic (exact) mass is 405 g/mol. The van der Waals surface area contributed by atoms with Crippen LogP contribution in [0.4, 0.5) is 0 Å². The van der Waals surface area contributed by atoms with Crippen molar-refractivity contribution >= 4 is 21.8 Å². The molecule has 1 heterocycles. The van der Waals surface area contributed by atoms with E-state index in [1.807, 2.05) is 36.4 Å². The van der Waals surface area contributed by atoms with Crippen molar-refractivity contribution in [2.24, 2.45) is 0 Å². The van der Waals surface area contributed by atoms with Crippen molar-refractivity contribution in [2.45, 2.75) is 18.9 Å². The Morgan fingerprint density at radius 2 is 1.96 bits per heavy atom. The number of amides is 1. The van der Waals surface area contributed by atoms with E-state index < -0.39 is 0 Å². The first-order valence-electron chi connectivity index (χ1n) is 8.04. The van der Waals surface area contributed by atoms with Gasteiger partial charge in [0.15, 0.2) is 11.5 Å². The Kier molecular flexibility index (Phi) is 5.48. The SMILES string of the molecule is COc1cc(Br)c(CC(=O)N[C@@H]2CCOc3ccccc32)cc1OC. The van der Waals surface area contributed by atoms with Gasteiger partial charge in [0.1, 0.15) is 5.75 Å². The molecule has 0 saturated heterocycles. The maximum absolute atomic E-state index is 12.6. The minimum Gasteiger partial charge on any atom is -0.493 e. The molecule has 0 aromatic heterocycles. The fourth-order valence-electron chi connectivity index (χ4n) is 2.94. The third kappa shape index (κ3) is 3.90. The molecule has 1 atom stereocenters. The van der Waals surface area contributed by atoms with Crippen LogP contribution < -0.4 is 19.5 Å². The molecule has 1 aliphatic rings. The van der Waals surface area contributed by atoms with Gasteiger partial charge >= 0.3 is 0 Å². The molecule has 3 rings (SSSR count). The predicted octanol–water partition coefficient (Wildman–Crippen LogP) is 3.65. The average molecular weight is 406 g/mol. The van der Waals surface area contributed by atoms with Gasteiger partial charge in [-0.25, -0.2) is 0 Å². The number of halogens is 1. The summed E-state index contributed by atoms with van der Waals surface area (Å²) in [5.41, 5.74) is 1.86. The van der Waals surface area contributed by atoms with Gasteiger partial charge in [-0.3, -0.25) is 4.79 Å². The van der Waals surface area contributed by atoms with Gasteiger partial charge in [-0.05, 0) is 23.8 Å². The molecule has 0 spiro atoms. The predicted molar refractivity (Wildman–Crippen MR) is 98.4 cm³/mol. The first kappa shape index (κ1) is 17.6. The zero-order chi connectivity index (χ0) is 17.8. The van der Waals surface area contributed by atoms with Crippen molar-refractivity contribution in [3.63, 3.8) is 0 Å². The van der Waals surface area contributed by atoms with Gasteiger partial charge in [0.25, 0.3) is 0 Å². The number of ether oxygens (including phenoxy) is 3. The number of hydrogen-bond donors (Lipinski definition) is 1. The zero-order valence-corrected chi connectivity index (χ0v) is 15.8. The highest BCUT2D eigenvalue weighted by atomic mass is 79.9. The van der Waals surface area contributed by atoms with Gasteiger partial charge in [0, 0.05) is 16.5 Å². The van der Waals surface area contributed by atoms with Crippen molar-refractivity contribution in [2.75, 3.05) is 20.8 Å². The van der Waals surface area contributed by atoms with Crippen LogP contribution in [-0.2, 0) is 11.2 Å². The van der Waals surface area contributed by atoms with Crippen LogP contribution in [0.3, 0.4) is 0 Å². The first-order valence-corrected chi connectivity index (χ1v) is 8.83. The summed E-state index contributed by atoms with van der Waals surface area (Å²) in [6.45, 7) is 0.599. The summed E-state index contributed by atoms with van der Waals surface area (Å²) in [4.78, 5) is 12.6. The van der Waals surface area contributed by atoms with Gasteiger partial charge in [-0.1, -0.05) is 34.1 Å². The molecule has 5 nitrogen and oxygen atoms in total. The maximum atomic E-state index is 12.6. The summed E-state index contributed by atoms with van der Waals surface area (Å²) in [7, 11) is 3.16. The lowest BCUT2D eigenvalue weighted by atomic mass is 10.00. The van der Waals surface area contributed by atoms with E-state index in [-0.39, 0.29) is 18.4 Å². The molecule has 0 unspecified atom stereocenters. The molecule has 1 N–H and O–H groups in total. The van der Waals surface area contributed by atoms with Crippen LogP contribution in [0.2, 0.25) is 0 Å². The van der Waals surface area contributed by atoms with Crippen LogP contribution in [0.1, 0.15) is 23.6 Å². The van der Waals surface area contributed by atoms with Crippen LogP contribution in [0, 0.1) is 0 Å². The Bertz CT molecular complexity index is 778. The first-order chi connectivity index (χ1) is 12.1. The van der Waals surface area contributed by atoms with Crippen molar-refractivity contribution in [3.8, 4) is 17.2 Å². The van der Waals surface area contributed by atoms with Crippen molar-refractivity contribution in [1.82, 2.24) is 5.32 Å². The fourth-order valence-corrected chi connectivity index (χ4v) is 3.40. The number of hydrogen-bond acceptors (Lipinski definition) is 4. The highest BCUT2D eigenvalue weighted by Gasteiger charge is 2.23. The highest BCUT2D eigenvalue weighted by molar-refractivity contribution is 9.10. The molecule has 2 aromatic carbocycles. The Morgan fingerprint density at radius 1 is 1.24 bits per heavy atom. The Labute approximate surface area is 155 Å². The summed E-state index contributed by atoms with van der Waals surface area (Å²) in [6.07, 6.45) is 1.01. The Balaban J connectivity index is 1.74. The number of nitrogens with one attached hydrogen (secondary N) is 1. The summed E-state index contributed by atoms with van der Waals surface area (Å²) in [5.74, 6) is 2.02. The summed E-state index contributed by atoms with van der Waals surface area (Å²) in [6, 6.07) is 11.4. The summed E-state index contributed by atoms with van der Waals surface area (Å²) >= 11 is 3.50. The summed E-state index contributed by atoms with van der Waals surface area (Å²) < 4.78 is 17.0. The van der Waals surface area contributed by atoms with Crippen LogP contribution in [0.15, 0.2) is 40.9 Å². The smallest absolute Gasteiger partial charge is 0.224 e. The normalized spacial score (nSPS) is 15.7. The van der Waals surface area contributed by atoms with Crippen LogP contribution in [0.25, 0.3) is 0 Å². The largest absolute Gasteiger partial charge is 0.493 e. The second kappa shape index (κ2) is 7.78. The van der Waals surface area contributed by atoms with Gasteiger partial charge < -0.3 is 19.5 Å². The number of methoxy groups -OCH3 is 2. The molecule has 0 bridgehead atoms. The number of rotatable bonds is 5. The number of carbonyl (C=O) groups excluding carboxylic acids is 1. The van der Waals surface area contributed by atoms with E-state index >= 15 is 0 Å². The average Bonchev–Trinajstić information content (AvgIpc) is 2.63. The van der Waals surface area contributed by atoms with E-state index in [1.165, 1.54) is 0 Å². The molecule has 0 radical (unpaired) electrons.